The van der Waals surface area contributed by atoms with E-state index < -0.39 is 0 Å². The largest absolute Gasteiger partial charge is 0.389 e. The molecule has 0 aliphatic heterocycles. The lowest BCUT2D eigenvalue weighted by Gasteiger charge is -2.57. The number of hydrogen-bond acceptors (Lipinski definition) is 2. The first kappa shape index (κ1) is 15.9. The maximum absolute atomic E-state index is 12.3. The van der Waals surface area contributed by atoms with Crippen molar-refractivity contribution < 1.29 is 9.90 Å². The van der Waals surface area contributed by atoms with E-state index in [1.165, 1.54) is 51.4 Å². The maximum Gasteiger partial charge on any atom is 0.161 e. The minimum atomic E-state index is -0.261. The second kappa shape index (κ2) is 5.44. The van der Waals surface area contributed by atoms with Crippen molar-refractivity contribution in [2.45, 2.75) is 71.6 Å². The van der Waals surface area contributed by atoms with Crippen LogP contribution in [0.4, 0.5) is 0 Å². The van der Waals surface area contributed by atoms with Gasteiger partial charge in [-0.2, -0.15) is 0 Å². The molecular weight excluding hydrogens is 284 g/mol. The molecule has 128 valence electrons. The number of allylic oxidation sites excluding steroid dienone is 2. The summed E-state index contributed by atoms with van der Waals surface area (Å²) in [7, 11) is 0. The van der Waals surface area contributed by atoms with E-state index in [2.05, 4.69) is 19.9 Å². The Morgan fingerprint density at radius 2 is 2.00 bits per heavy atom. The topological polar surface area (TPSA) is 37.3 Å². The number of aliphatic hydroxyl groups is 1. The van der Waals surface area contributed by atoms with Gasteiger partial charge in [0.15, 0.2) is 5.78 Å². The van der Waals surface area contributed by atoms with Crippen LogP contribution in [-0.4, -0.2) is 17.5 Å². The molecule has 0 heterocycles. The first-order valence-corrected chi connectivity index (χ1v) is 9.84. The van der Waals surface area contributed by atoms with Gasteiger partial charge in [0.1, 0.15) is 6.61 Å². The van der Waals surface area contributed by atoms with Gasteiger partial charge in [-0.3, -0.25) is 4.79 Å². The lowest BCUT2D eigenvalue weighted by atomic mass is 9.47. The third kappa shape index (κ3) is 2.13. The van der Waals surface area contributed by atoms with E-state index in [-0.39, 0.29) is 23.7 Å². The summed E-state index contributed by atoms with van der Waals surface area (Å²) in [5.74, 6) is 2.52. The van der Waals surface area contributed by atoms with E-state index in [4.69, 9.17) is 0 Å². The van der Waals surface area contributed by atoms with Gasteiger partial charge in [0.25, 0.3) is 0 Å². The van der Waals surface area contributed by atoms with Crippen LogP contribution in [0.15, 0.2) is 11.6 Å². The van der Waals surface area contributed by atoms with E-state index in [9.17, 15) is 9.90 Å². The molecule has 1 N–H and O–H groups in total. The number of aliphatic hydroxyl groups excluding tert-OH is 1. The van der Waals surface area contributed by atoms with Gasteiger partial charge in [0.05, 0.1) is 0 Å². The number of hydrogen-bond donors (Lipinski definition) is 1. The zero-order chi connectivity index (χ0) is 16.2. The highest BCUT2D eigenvalue weighted by atomic mass is 16.3. The Labute approximate surface area is 140 Å². The Bertz CT molecular complexity index is 536. The lowest BCUT2D eigenvalue weighted by molar-refractivity contribution is -0.132. The smallest absolute Gasteiger partial charge is 0.161 e. The Hall–Kier alpha value is -0.630. The number of ketones is 1. The van der Waals surface area contributed by atoms with Crippen molar-refractivity contribution in [3.05, 3.63) is 11.6 Å². The fourth-order valence-corrected chi connectivity index (χ4v) is 7.34. The average molecular weight is 316 g/mol. The van der Waals surface area contributed by atoms with Gasteiger partial charge >= 0.3 is 0 Å². The fraction of sp³-hybridized carbons (Fsp3) is 0.857. The molecule has 23 heavy (non-hydrogen) atoms. The molecular formula is C21H32O2. The zero-order valence-corrected chi connectivity index (χ0v) is 14.8. The van der Waals surface area contributed by atoms with Crippen LogP contribution in [0.2, 0.25) is 0 Å². The molecule has 4 aliphatic rings. The molecule has 0 aromatic heterocycles. The van der Waals surface area contributed by atoms with Crippen molar-refractivity contribution in [1.82, 2.24) is 0 Å². The van der Waals surface area contributed by atoms with Crippen LogP contribution in [-0.2, 0) is 4.79 Å². The van der Waals surface area contributed by atoms with Gasteiger partial charge in [-0.15, -0.1) is 0 Å². The number of fused-ring (bicyclic) bond motifs is 5. The third-order valence-corrected chi connectivity index (χ3v) is 8.56. The van der Waals surface area contributed by atoms with Crippen molar-refractivity contribution in [2.75, 3.05) is 6.61 Å². The molecule has 3 fully saturated rings. The third-order valence-electron chi connectivity index (χ3n) is 8.56. The van der Waals surface area contributed by atoms with Crippen molar-refractivity contribution in [1.29, 1.82) is 0 Å². The predicted molar refractivity (Wildman–Crippen MR) is 91.9 cm³/mol. The second-order valence-corrected chi connectivity index (χ2v) is 9.27. The maximum atomic E-state index is 12.3. The SMILES string of the molecule is C[C@]12CC[C@H]3[C@@H](CC=C4CCCC[C@@]43C)[C@@H]1CC[C@@H]2C(=O)CO. The number of carbonyl (C=O) groups is 1. The Kier molecular flexibility index (Phi) is 3.75. The van der Waals surface area contributed by atoms with Gasteiger partial charge in [0, 0.05) is 5.92 Å². The summed E-state index contributed by atoms with van der Waals surface area (Å²) < 4.78 is 0. The van der Waals surface area contributed by atoms with Crippen molar-refractivity contribution in [2.24, 2.45) is 34.5 Å². The summed E-state index contributed by atoms with van der Waals surface area (Å²) in [5.41, 5.74) is 2.36. The normalized spacial score (nSPS) is 48.9. The van der Waals surface area contributed by atoms with Crippen molar-refractivity contribution >= 4 is 5.78 Å². The number of carbonyl (C=O) groups excluding carboxylic acids is 1. The molecule has 0 unspecified atom stereocenters. The van der Waals surface area contributed by atoms with Gasteiger partial charge in [-0.25, -0.2) is 0 Å². The first-order chi connectivity index (χ1) is 11.0. The Morgan fingerprint density at radius 3 is 2.78 bits per heavy atom. The molecule has 4 rings (SSSR count). The molecule has 0 spiro atoms. The van der Waals surface area contributed by atoms with Crippen LogP contribution in [0.25, 0.3) is 0 Å². The number of rotatable bonds is 2. The predicted octanol–water partition coefficient (Wildman–Crippen LogP) is 4.52. The van der Waals surface area contributed by atoms with Gasteiger partial charge < -0.3 is 5.11 Å². The van der Waals surface area contributed by atoms with Crippen LogP contribution in [0.3, 0.4) is 0 Å². The van der Waals surface area contributed by atoms with Gasteiger partial charge in [0.2, 0.25) is 0 Å². The summed E-state index contributed by atoms with van der Waals surface area (Å²) in [4.78, 5) is 12.3. The van der Waals surface area contributed by atoms with Crippen molar-refractivity contribution in [3.63, 3.8) is 0 Å². The van der Waals surface area contributed by atoms with E-state index in [0.29, 0.717) is 11.3 Å². The van der Waals surface area contributed by atoms with E-state index in [1.807, 2.05) is 0 Å². The minimum absolute atomic E-state index is 0.101. The summed E-state index contributed by atoms with van der Waals surface area (Å²) >= 11 is 0. The fourth-order valence-electron chi connectivity index (χ4n) is 7.34. The number of Topliss-reactive ketones (excluding diaryl/α,β-unsaturated/α-hetero) is 1. The van der Waals surface area contributed by atoms with Crippen LogP contribution < -0.4 is 0 Å². The summed E-state index contributed by atoms with van der Waals surface area (Å²) in [5, 5.41) is 9.37. The molecule has 0 saturated heterocycles. The van der Waals surface area contributed by atoms with E-state index >= 15 is 0 Å². The molecule has 6 atom stereocenters. The van der Waals surface area contributed by atoms with Crippen LogP contribution in [0.5, 0.6) is 0 Å². The molecule has 0 bridgehead atoms. The molecule has 2 heteroatoms. The quantitative estimate of drug-likeness (QED) is 0.761. The standard InChI is InChI=1S/C21H32O2/c1-20-11-4-3-5-14(20)6-7-15-16-8-9-18(19(23)13-22)21(16,2)12-10-17(15)20/h6,15-18,22H,3-5,7-13H2,1-2H3/t15-,16-,17-,18+,20-,21-/m0/s1. The molecule has 3 saturated carbocycles. The molecule has 2 nitrogen and oxygen atoms in total. The first-order valence-electron chi connectivity index (χ1n) is 9.84. The summed E-state index contributed by atoms with van der Waals surface area (Å²) in [6.07, 6.45) is 14.0. The Balaban J connectivity index is 1.65. The van der Waals surface area contributed by atoms with Crippen molar-refractivity contribution in [3.8, 4) is 0 Å². The average Bonchev–Trinajstić information content (AvgIpc) is 2.91. The van der Waals surface area contributed by atoms with Gasteiger partial charge in [-0.1, -0.05) is 31.9 Å². The van der Waals surface area contributed by atoms with Gasteiger partial charge in [-0.05, 0) is 80.0 Å². The van der Waals surface area contributed by atoms with E-state index in [0.717, 1.165) is 18.3 Å². The molecule has 4 aliphatic carbocycles. The molecule has 0 aromatic carbocycles. The highest BCUT2D eigenvalue weighted by Gasteiger charge is 2.59. The summed E-state index contributed by atoms with van der Waals surface area (Å²) in [6.45, 7) is 4.65. The minimum Gasteiger partial charge on any atom is -0.389 e. The molecule has 0 amide bonds. The zero-order valence-electron chi connectivity index (χ0n) is 14.8. The Morgan fingerprint density at radius 1 is 1.17 bits per heavy atom. The molecule has 0 aromatic rings. The van der Waals surface area contributed by atoms with Crippen LogP contribution in [0, 0.1) is 34.5 Å². The lowest BCUT2D eigenvalue weighted by Crippen LogP contribution is -2.50. The van der Waals surface area contributed by atoms with Crippen LogP contribution in [0.1, 0.15) is 71.6 Å². The van der Waals surface area contributed by atoms with E-state index in [1.54, 1.807) is 5.57 Å². The highest BCUT2D eigenvalue weighted by Crippen LogP contribution is 2.66. The highest BCUT2D eigenvalue weighted by molar-refractivity contribution is 5.83. The van der Waals surface area contributed by atoms with Crippen LogP contribution >= 0.6 is 0 Å². The second-order valence-electron chi connectivity index (χ2n) is 9.27. The monoisotopic (exact) mass is 316 g/mol. The summed E-state index contributed by atoms with van der Waals surface area (Å²) in [6, 6.07) is 0. The molecule has 0 radical (unpaired) electrons.